The summed E-state index contributed by atoms with van der Waals surface area (Å²) in [5.41, 5.74) is 3.35. The number of likely N-dealkylation sites (tertiary alicyclic amines) is 1. The average Bonchev–Trinajstić information content (AvgIpc) is 3.14. The second-order valence-electron chi connectivity index (χ2n) is 7.85. The zero-order valence-corrected chi connectivity index (χ0v) is 16.7. The van der Waals surface area contributed by atoms with Gasteiger partial charge in [-0.05, 0) is 60.8 Å². The highest BCUT2D eigenvalue weighted by Crippen LogP contribution is 2.33. The van der Waals surface area contributed by atoms with E-state index in [-0.39, 0.29) is 0 Å². The maximum atomic E-state index is 6.08. The van der Waals surface area contributed by atoms with Crippen LogP contribution in [0.5, 0.6) is 0 Å². The van der Waals surface area contributed by atoms with Gasteiger partial charge in [-0.1, -0.05) is 42.8 Å². The first-order valence-corrected chi connectivity index (χ1v) is 10.4. The Balaban J connectivity index is 1.42. The van der Waals surface area contributed by atoms with E-state index >= 15 is 0 Å². The molecule has 1 atom stereocenters. The number of oxazole rings is 1. The van der Waals surface area contributed by atoms with Gasteiger partial charge in [0.2, 0.25) is 5.89 Å². The molecule has 1 fully saturated rings. The molecule has 29 heavy (non-hydrogen) atoms. The number of hydrogen-bond acceptors (Lipinski definition) is 4. The topological polar surface area (TPSA) is 42.2 Å². The molecule has 5 rings (SSSR count). The van der Waals surface area contributed by atoms with Gasteiger partial charge in [-0.25, -0.2) is 4.98 Å². The molecule has 0 radical (unpaired) electrons. The predicted octanol–water partition coefficient (Wildman–Crippen LogP) is 5.93. The minimum absolute atomic E-state index is 0.401. The molecule has 0 N–H and O–H groups in total. The highest BCUT2D eigenvalue weighted by Gasteiger charge is 2.26. The van der Waals surface area contributed by atoms with Gasteiger partial charge in [0.1, 0.15) is 5.76 Å². The molecule has 4 nitrogen and oxygen atoms in total. The summed E-state index contributed by atoms with van der Waals surface area (Å²) in [6.07, 6.45) is 7.49. The fourth-order valence-corrected chi connectivity index (χ4v) is 4.34. The Morgan fingerprint density at radius 1 is 1.03 bits per heavy atom. The van der Waals surface area contributed by atoms with E-state index in [4.69, 9.17) is 9.40 Å². The molecule has 1 saturated heterocycles. The van der Waals surface area contributed by atoms with Crippen LogP contribution in [0.4, 0.5) is 0 Å². The van der Waals surface area contributed by atoms with Gasteiger partial charge in [0, 0.05) is 30.5 Å². The van der Waals surface area contributed by atoms with Crippen LogP contribution in [0.3, 0.4) is 0 Å². The van der Waals surface area contributed by atoms with Crippen molar-refractivity contribution in [2.45, 2.75) is 38.8 Å². The maximum Gasteiger partial charge on any atom is 0.226 e. The average molecular weight is 383 g/mol. The predicted molar refractivity (Wildman–Crippen MR) is 115 cm³/mol. The second-order valence-corrected chi connectivity index (χ2v) is 7.85. The van der Waals surface area contributed by atoms with Crippen molar-refractivity contribution in [2.24, 2.45) is 0 Å². The third-order valence-electron chi connectivity index (χ3n) is 5.92. The Bertz CT molecular complexity index is 1120. The summed E-state index contributed by atoms with van der Waals surface area (Å²) < 4.78 is 6.08. The summed E-state index contributed by atoms with van der Waals surface area (Å²) in [6, 6.07) is 19.4. The van der Waals surface area contributed by atoms with Crippen LogP contribution in [-0.4, -0.2) is 21.4 Å². The third kappa shape index (κ3) is 3.68. The first-order valence-electron chi connectivity index (χ1n) is 10.4. The first kappa shape index (κ1) is 18.1. The van der Waals surface area contributed by atoms with E-state index in [9.17, 15) is 0 Å². The molecular weight excluding hydrogens is 358 g/mol. The zero-order chi connectivity index (χ0) is 19.6. The highest BCUT2D eigenvalue weighted by molar-refractivity contribution is 5.86. The molecule has 1 unspecified atom stereocenters. The summed E-state index contributed by atoms with van der Waals surface area (Å²) in [6.45, 7) is 3.91. The normalized spacial score (nSPS) is 17.6. The van der Waals surface area contributed by atoms with E-state index in [0.29, 0.717) is 11.9 Å². The standard InChI is InChI=1S/C25H25N3O/c1-18-23(17-28-14-5-4-10-24(28)22-9-6-13-26-16-22)27-25(29-18)21-12-11-19-7-2-3-8-20(19)15-21/h2-3,6-9,11-13,15-16,24H,4-5,10,14,17H2,1H3. The van der Waals surface area contributed by atoms with Gasteiger partial charge in [0.05, 0.1) is 5.69 Å². The number of fused-ring (bicyclic) bond motifs is 1. The lowest BCUT2D eigenvalue weighted by atomic mass is 9.96. The van der Waals surface area contributed by atoms with Gasteiger partial charge in [-0.2, -0.15) is 0 Å². The van der Waals surface area contributed by atoms with Gasteiger partial charge >= 0.3 is 0 Å². The van der Waals surface area contributed by atoms with Crippen molar-refractivity contribution < 1.29 is 4.42 Å². The number of aromatic nitrogens is 2. The summed E-state index contributed by atoms with van der Waals surface area (Å²) >= 11 is 0. The largest absolute Gasteiger partial charge is 0.441 e. The molecule has 0 bridgehead atoms. The van der Waals surface area contributed by atoms with Crippen LogP contribution >= 0.6 is 0 Å². The first-order chi connectivity index (χ1) is 14.3. The molecule has 3 heterocycles. The number of nitrogens with zero attached hydrogens (tertiary/aromatic N) is 3. The molecule has 0 aliphatic carbocycles. The van der Waals surface area contributed by atoms with Crippen molar-refractivity contribution in [1.29, 1.82) is 0 Å². The lowest BCUT2D eigenvalue weighted by Gasteiger charge is -2.35. The summed E-state index contributed by atoms with van der Waals surface area (Å²) in [4.78, 5) is 11.7. The van der Waals surface area contributed by atoms with Crippen LogP contribution in [0.2, 0.25) is 0 Å². The van der Waals surface area contributed by atoms with Gasteiger partial charge in [-0.15, -0.1) is 0 Å². The van der Waals surface area contributed by atoms with E-state index < -0.39 is 0 Å². The Kier molecular flexibility index (Phi) is 4.86. The van der Waals surface area contributed by atoms with Crippen molar-refractivity contribution in [2.75, 3.05) is 6.54 Å². The minimum Gasteiger partial charge on any atom is -0.441 e. The molecule has 0 saturated carbocycles. The van der Waals surface area contributed by atoms with Crippen molar-refractivity contribution in [3.05, 3.63) is 84.0 Å². The monoisotopic (exact) mass is 383 g/mol. The van der Waals surface area contributed by atoms with Gasteiger partial charge in [0.25, 0.3) is 0 Å². The molecule has 1 aliphatic rings. The van der Waals surface area contributed by atoms with Crippen LogP contribution in [-0.2, 0) is 6.54 Å². The lowest BCUT2D eigenvalue weighted by molar-refractivity contribution is 0.138. The van der Waals surface area contributed by atoms with E-state index in [1.54, 1.807) is 0 Å². The van der Waals surface area contributed by atoms with Crippen LogP contribution in [0.1, 0.15) is 42.3 Å². The summed E-state index contributed by atoms with van der Waals surface area (Å²) in [5, 5.41) is 2.43. The fourth-order valence-electron chi connectivity index (χ4n) is 4.34. The van der Waals surface area contributed by atoms with E-state index in [1.165, 1.54) is 35.6 Å². The SMILES string of the molecule is Cc1oc(-c2ccc3ccccc3c2)nc1CN1CCCCC1c1cccnc1. The van der Waals surface area contributed by atoms with Gasteiger partial charge in [-0.3, -0.25) is 9.88 Å². The maximum absolute atomic E-state index is 6.08. The Hall–Kier alpha value is -2.98. The number of benzene rings is 2. The lowest BCUT2D eigenvalue weighted by Crippen LogP contribution is -2.33. The number of pyridine rings is 1. The molecule has 4 heteroatoms. The smallest absolute Gasteiger partial charge is 0.226 e. The van der Waals surface area contributed by atoms with E-state index in [0.717, 1.165) is 30.1 Å². The minimum atomic E-state index is 0.401. The Morgan fingerprint density at radius 2 is 1.93 bits per heavy atom. The number of aryl methyl sites for hydroxylation is 1. The number of rotatable bonds is 4. The molecule has 2 aromatic carbocycles. The Labute approximate surface area is 171 Å². The van der Waals surface area contributed by atoms with Crippen LogP contribution in [0.25, 0.3) is 22.2 Å². The Morgan fingerprint density at radius 3 is 2.79 bits per heavy atom. The van der Waals surface area contributed by atoms with Crippen molar-refractivity contribution in [3.8, 4) is 11.5 Å². The quantitative estimate of drug-likeness (QED) is 0.438. The number of hydrogen-bond donors (Lipinski definition) is 0. The van der Waals surface area contributed by atoms with E-state index in [2.05, 4.69) is 58.4 Å². The van der Waals surface area contributed by atoms with Gasteiger partial charge < -0.3 is 4.42 Å². The van der Waals surface area contributed by atoms with Gasteiger partial charge in [0.15, 0.2) is 0 Å². The van der Waals surface area contributed by atoms with Crippen LogP contribution in [0.15, 0.2) is 71.4 Å². The second kappa shape index (κ2) is 7.80. The molecule has 1 aliphatic heterocycles. The molecule has 0 amide bonds. The zero-order valence-electron chi connectivity index (χ0n) is 16.7. The number of piperidine rings is 1. The fraction of sp³-hybridized carbons (Fsp3) is 0.280. The van der Waals surface area contributed by atoms with Crippen molar-refractivity contribution in [3.63, 3.8) is 0 Å². The molecule has 0 spiro atoms. The third-order valence-corrected chi connectivity index (χ3v) is 5.92. The highest BCUT2D eigenvalue weighted by atomic mass is 16.4. The van der Waals surface area contributed by atoms with Crippen molar-refractivity contribution in [1.82, 2.24) is 14.9 Å². The molecule has 146 valence electrons. The molecule has 2 aromatic heterocycles. The molecular formula is C25H25N3O. The van der Waals surface area contributed by atoms with Crippen molar-refractivity contribution >= 4 is 10.8 Å². The summed E-state index contributed by atoms with van der Waals surface area (Å²) in [7, 11) is 0. The van der Waals surface area contributed by atoms with Crippen LogP contribution < -0.4 is 0 Å². The van der Waals surface area contributed by atoms with E-state index in [1.807, 2.05) is 25.4 Å². The summed E-state index contributed by atoms with van der Waals surface area (Å²) in [5.74, 6) is 1.61. The molecule has 4 aromatic rings. The van der Waals surface area contributed by atoms with Crippen LogP contribution in [0, 0.1) is 6.92 Å².